The van der Waals surface area contributed by atoms with Crippen molar-refractivity contribution in [1.29, 1.82) is 0 Å². The Balaban J connectivity index is 1.75. The number of cyclic esters (lactones) is 1. The number of epoxide rings is 1. The molecule has 3 heterocycles. The molecule has 0 aromatic heterocycles. The lowest BCUT2D eigenvalue weighted by molar-refractivity contribution is -0.151. The third-order valence-electron chi connectivity index (χ3n) is 9.89. The molecule has 3 rings (SSSR count). The van der Waals surface area contributed by atoms with Crippen molar-refractivity contribution >= 4 is 12.1 Å². The van der Waals surface area contributed by atoms with Crippen molar-refractivity contribution in [2.45, 2.75) is 135 Å². The number of esters is 1. The van der Waals surface area contributed by atoms with E-state index in [-0.39, 0.29) is 43.3 Å². The van der Waals surface area contributed by atoms with Crippen LogP contribution in [0.1, 0.15) is 87.0 Å². The molecule has 0 saturated carbocycles. The van der Waals surface area contributed by atoms with Gasteiger partial charge in [0.2, 0.25) is 0 Å². The van der Waals surface area contributed by atoms with E-state index >= 15 is 0 Å². The number of nitrogens with zero attached hydrogens (tertiary/aromatic N) is 2. The summed E-state index contributed by atoms with van der Waals surface area (Å²) in [5.41, 5.74) is -1.93. The van der Waals surface area contributed by atoms with Crippen LogP contribution in [0.4, 0.5) is 4.79 Å². The number of hydrogen-bond donors (Lipinski definition) is 4. The maximum atomic E-state index is 13.3. The largest absolute Gasteiger partial charge is 0.457 e. The summed E-state index contributed by atoms with van der Waals surface area (Å²) in [6.45, 7) is 16.6. The summed E-state index contributed by atoms with van der Waals surface area (Å²) < 4.78 is 17.5. The fourth-order valence-electron chi connectivity index (χ4n) is 6.46. The molecule has 0 aromatic rings. The van der Waals surface area contributed by atoms with Gasteiger partial charge in [0.15, 0.2) is 6.10 Å². The minimum atomic E-state index is -1.48. The van der Waals surface area contributed by atoms with E-state index in [2.05, 4.69) is 11.8 Å². The monoisotopic (exact) mass is 664 g/mol. The summed E-state index contributed by atoms with van der Waals surface area (Å²) in [6.07, 6.45) is 6.59. The summed E-state index contributed by atoms with van der Waals surface area (Å²) in [6, 6.07) is 0. The number of hydrogen-bond acceptors (Lipinski definition) is 10. The average molecular weight is 665 g/mol. The molecule has 0 spiro atoms. The number of aliphatic hydroxyl groups excluding tert-OH is 2. The Bertz CT molecular complexity index is 1120. The molecule has 0 radical (unpaired) electrons. The zero-order valence-electron chi connectivity index (χ0n) is 29.5. The molecule has 3 aliphatic heterocycles. The molecule has 10 atom stereocenters. The molecule has 47 heavy (non-hydrogen) atoms. The molecular weight excluding hydrogens is 604 g/mol. The SMILES string of the molecule is CCC(O)C(C)C1OC1CC(C)(O)/C=C/C=C(\C)C1OC(=O)CC(O)CCC(C)(O)C(OC(=O)N2CCCN(CC)CC2)/C=C\C1C. The first-order valence-corrected chi connectivity index (χ1v) is 17.4. The molecule has 0 aliphatic carbocycles. The summed E-state index contributed by atoms with van der Waals surface area (Å²) in [4.78, 5) is 30.1. The van der Waals surface area contributed by atoms with Crippen molar-refractivity contribution in [3.05, 3.63) is 36.0 Å². The summed E-state index contributed by atoms with van der Waals surface area (Å²) in [5, 5.41) is 43.2. The highest BCUT2D eigenvalue weighted by Gasteiger charge is 2.47. The van der Waals surface area contributed by atoms with Gasteiger partial charge in [0.25, 0.3) is 0 Å². The van der Waals surface area contributed by atoms with Crippen LogP contribution in [0.5, 0.6) is 0 Å². The number of amides is 1. The topological polar surface area (TPSA) is 153 Å². The lowest BCUT2D eigenvalue weighted by Gasteiger charge is -2.34. The van der Waals surface area contributed by atoms with E-state index in [1.807, 2.05) is 27.7 Å². The van der Waals surface area contributed by atoms with Crippen LogP contribution in [0, 0.1) is 11.8 Å². The van der Waals surface area contributed by atoms with Crippen LogP contribution >= 0.6 is 0 Å². The Morgan fingerprint density at radius 2 is 1.96 bits per heavy atom. The van der Waals surface area contributed by atoms with Crippen LogP contribution in [-0.2, 0) is 19.0 Å². The molecule has 4 N–H and O–H groups in total. The number of rotatable bonds is 10. The third kappa shape index (κ3) is 12.0. The van der Waals surface area contributed by atoms with Crippen LogP contribution in [0.25, 0.3) is 0 Å². The summed E-state index contributed by atoms with van der Waals surface area (Å²) in [7, 11) is 0. The van der Waals surface area contributed by atoms with E-state index in [4.69, 9.17) is 14.2 Å². The molecule has 268 valence electrons. The van der Waals surface area contributed by atoms with E-state index < -0.39 is 47.7 Å². The number of ether oxygens (including phenoxy) is 3. The summed E-state index contributed by atoms with van der Waals surface area (Å²) >= 11 is 0. The standard InChI is InChI=1S/C36H60N2O9/c1-8-28(40)26(5)33-29(45-33)23-35(6,43)16-10-12-24(3)32-25(4)13-14-30(36(7,44)17-15-27(39)22-31(41)47-32)46-34(42)38-19-11-18-37(9-2)20-21-38/h10,12-14,16,25-30,32-33,39-40,43-44H,8-9,11,15,17-23H2,1-7H3/b14-13-,16-10+,24-12+. The second kappa shape index (κ2) is 17.4. The Hall–Kier alpha value is -2.28. The van der Waals surface area contributed by atoms with E-state index in [1.165, 1.54) is 0 Å². The van der Waals surface area contributed by atoms with Crippen LogP contribution in [0.2, 0.25) is 0 Å². The minimum Gasteiger partial charge on any atom is -0.457 e. The van der Waals surface area contributed by atoms with Gasteiger partial charge in [-0.1, -0.05) is 52.0 Å². The molecular formula is C36H60N2O9. The van der Waals surface area contributed by atoms with Crippen LogP contribution in [-0.4, -0.2) is 123 Å². The van der Waals surface area contributed by atoms with Gasteiger partial charge in [-0.15, -0.1) is 0 Å². The lowest BCUT2D eigenvalue weighted by atomic mass is 9.88. The molecule has 0 aromatic carbocycles. The second-order valence-electron chi connectivity index (χ2n) is 14.3. The Morgan fingerprint density at radius 1 is 1.23 bits per heavy atom. The fraction of sp³-hybridized carbons (Fsp3) is 0.778. The van der Waals surface area contributed by atoms with Gasteiger partial charge in [0.1, 0.15) is 11.7 Å². The molecule has 2 fully saturated rings. The summed E-state index contributed by atoms with van der Waals surface area (Å²) in [5.74, 6) is -0.943. The van der Waals surface area contributed by atoms with Crippen molar-refractivity contribution in [3.8, 4) is 0 Å². The third-order valence-corrected chi connectivity index (χ3v) is 9.89. The van der Waals surface area contributed by atoms with Crippen LogP contribution in [0.3, 0.4) is 0 Å². The van der Waals surface area contributed by atoms with E-state index in [0.717, 1.165) is 26.1 Å². The molecule has 3 aliphatic rings. The molecule has 2 saturated heterocycles. The Morgan fingerprint density at radius 3 is 2.64 bits per heavy atom. The highest BCUT2D eigenvalue weighted by atomic mass is 16.6. The first kappa shape index (κ1) is 39.2. The van der Waals surface area contributed by atoms with Gasteiger partial charge in [-0.2, -0.15) is 0 Å². The molecule has 10 unspecified atom stereocenters. The number of carbonyl (C=O) groups excluding carboxylic acids is 2. The van der Waals surface area contributed by atoms with Crippen LogP contribution < -0.4 is 0 Å². The van der Waals surface area contributed by atoms with Gasteiger partial charge in [-0.05, 0) is 71.2 Å². The molecule has 11 nitrogen and oxygen atoms in total. The smallest absolute Gasteiger partial charge is 0.410 e. The van der Waals surface area contributed by atoms with Gasteiger partial charge in [0, 0.05) is 37.9 Å². The van der Waals surface area contributed by atoms with Gasteiger partial charge in [-0.3, -0.25) is 4.79 Å². The average Bonchev–Trinajstić information content (AvgIpc) is 3.81. The van der Waals surface area contributed by atoms with Gasteiger partial charge in [0.05, 0.1) is 36.4 Å². The van der Waals surface area contributed by atoms with Crippen molar-refractivity contribution in [2.75, 3.05) is 32.7 Å². The first-order chi connectivity index (χ1) is 22.1. The van der Waals surface area contributed by atoms with Crippen LogP contribution in [0.15, 0.2) is 36.0 Å². The fourth-order valence-corrected chi connectivity index (χ4v) is 6.46. The Kier molecular flexibility index (Phi) is 14.5. The zero-order valence-corrected chi connectivity index (χ0v) is 29.5. The highest BCUT2D eigenvalue weighted by molar-refractivity contribution is 5.70. The first-order valence-electron chi connectivity index (χ1n) is 17.4. The quantitative estimate of drug-likeness (QED) is 0.118. The number of likely N-dealkylation sites (N-methyl/N-ethyl adjacent to an activating group) is 1. The maximum absolute atomic E-state index is 13.3. The van der Waals surface area contributed by atoms with E-state index in [9.17, 15) is 30.0 Å². The second-order valence-corrected chi connectivity index (χ2v) is 14.3. The number of aliphatic hydroxyl groups is 4. The normalized spacial score (nSPS) is 35.1. The van der Waals surface area contributed by atoms with Crippen molar-refractivity contribution < 1.29 is 44.2 Å². The highest BCUT2D eigenvalue weighted by Crippen LogP contribution is 2.37. The predicted molar refractivity (Wildman–Crippen MR) is 179 cm³/mol. The molecule has 11 heteroatoms. The van der Waals surface area contributed by atoms with E-state index in [0.29, 0.717) is 31.5 Å². The van der Waals surface area contributed by atoms with Crippen molar-refractivity contribution in [2.24, 2.45) is 11.8 Å². The maximum Gasteiger partial charge on any atom is 0.410 e. The number of allylic oxidation sites excluding steroid dienone is 2. The molecule has 1 amide bonds. The lowest BCUT2D eigenvalue weighted by Crippen LogP contribution is -2.45. The van der Waals surface area contributed by atoms with Gasteiger partial charge >= 0.3 is 12.1 Å². The molecule has 0 bridgehead atoms. The minimum absolute atomic E-state index is 0.0105. The van der Waals surface area contributed by atoms with Crippen molar-refractivity contribution in [3.63, 3.8) is 0 Å². The zero-order chi connectivity index (χ0) is 34.9. The van der Waals surface area contributed by atoms with Gasteiger partial charge < -0.3 is 44.4 Å². The predicted octanol–water partition coefficient (Wildman–Crippen LogP) is 3.74. The Labute approximate surface area is 281 Å². The number of carbonyl (C=O) groups is 2. The van der Waals surface area contributed by atoms with Crippen molar-refractivity contribution in [1.82, 2.24) is 9.80 Å². The van der Waals surface area contributed by atoms with E-state index in [1.54, 1.807) is 49.1 Å². The van der Waals surface area contributed by atoms with Gasteiger partial charge in [-0.25, -0.2) is 4.79 Å².